The molecule has 0 rings (SSSR count). The van der Waals surface area contributed by atoms with Crippen molar-refractivity contribution in [2.24, 2.45) is 5.92 Å². The van der Waals surface area contributed by atoms with E-state index in [1.54, 1.807) is 6.92 Å². The number of nitrogens with one attached hydrogen (secondary N) is 1. The van der Waals surface area contributed by atoms with E-state index in [9.17, 15) is 9.59 Å². The maximum atomic E-state index is 11.1. The molecule has 0 aliphatic heterocycles. The third-order valence-electron chi connectivity index (χ3n) is 1.75. The van der Waals surface area contributed by atoms with Crippen LogP contribution in [-0.2, 0) is 14.3 Å². The second-order valence-electron chi connectivity index (χ2n) is 3.56. The molecular formula is C10H19NO4. The van der Waals surface area contributed by atoms with E-state index in [1.807, 2.05) is 6.92 Å². The Kier molecular flexibility index (Phi) is 7.62. The Morgan fingerprint density at radius 2 is 2.13 bits per heavy atom. The monoisotopic (exact) mass is 217 g/mol. The van der Waals surface area contributed by atoms with Gasteiger partial charge in [0.2, 0.25) is 5.91 Å². The number of carboxylic acids is 1. The first-order chi connectivity index (χ1) is 7.06. The number of rotatable bonds is 8. The first-order valence-corrected chi connectivity index (χ1v) is 5.12. The van der Waals surface area contributed by atoms with Crippen LogP contribution < -0.4 is 5.32 Å². The molecule has 1 amide bonds. The van der Waals surface area contributed by atoms with Crippen molar-refractivity contribution in [1.82, 2.24) is 5.32 Å². The third kappa shape index (κ3) is 9.21. The van der Waals surface area contributed by atoms with Gasteiger partial charge in [-0.1, -0.05) is 13.8 Å². The highest BCUT2D eigenvalue weighted by atomic mass is 16.5. The fourth-order valence-electron chi connectivity index (χ4n) is 1.02. The van der Waals surface area contributed by atoms with E-state index in [0.717, 1.165) is 6.42 Å². The van der Waals surface area contributed by atoms with E-state index >= 15 is 0 Å². The summed E-state index contributed by atoms with van der Waals surface area (Å²) in [6, 6.07) is 0. The smallest absolute Gasteiger partial charge is 0.303 e. The minimum absolute atomic E-state index is 0.0492. The van der Waals surface area contributed by atoms with Gasteiger partial charge in [0.1, 0.15) is 6.61 Å². The highest BCUT2D eigenvalue weighted by Crippen LogP contribution is 1.98. The van der Waals surface area contributed by atoms with Crippen molar-refractivity contribution in [3.05, 3.63) is 0 Å². The molecule has 88 valence electrons. The van der Waals surface area contributed by atoms with Crippen LogP contribution in [0.5, 0.6) is 0 Å². The van der Waals surface area contributed by atoms with Crippen LogP contribution in [0.25, 0.3) is 0 Å². The van der Waals surface area contributed by atoms with Crippen LogP contribution in [0, 0.1) is 5.92 Å². The van der Waals surface area contributed by atoms with E-state index in [4.69, 9.17) is 9.84 Å². The first-order valence-electron chi connectivity index (χ1n) is 5.12. The average Bonchev–Trinajstić information content (AvgIpc) is 2.14. The molecule has 0 aromatic heterocycles. The van der Waals surface area contributed by atoms with Crippen molar-refractivity contribution >= 4 is 11.9 Å². The summed E-state index contributed by atoms with van der Waals surface area (Å²) in [7, 11) is 0. The maximum absolute atomic E-state index is 11.1. The van der Waals surface area contributed by atoms with Gasteiger partial charge in [0.25, 0.3) is 0 Å². The van der Waals surface area contributed by atoms with Crippen LogP contribution in [0.4, 0.5) is 0 Å². The molecule has 0 saturated carbocycles. The molecule has 0 aliphatic carbocycles. The SMILES string of the molecule is CCCOCC(=O)NCC(C)CC(=O)O. The fraction of sp³-hybridized carbons (Fsp3) is 0.800. The predicted molar refractivity (Wildman–Crippen MR) is 55.5 cm³/mol. The first kappa shape index (κ1) is 13.9. The van der Waals surface area contributed by atoms with Crippen molar-refractivity contribution in [3.8, 4) is 0 Å². The number of carboxylic acid groups (broad SMARTS) is 1. The Morgan fingerprint density at radius 3 is 2.67 bits per heavy atom. The van der Waals surface area contributed by atoms with Crippen molar-refractivity contribution < 1.29 is 19.4 Å². The number of ether oxygens (including phenoxy) is 1. The van der Waals surface area contributed by atoms with Crippen molar-refractivity contribution in [3.63, 3.8) is 0 Å². The molecule has 1 unspecified atom stereocenters. The van der Waals surface area contributed by atoms with Gasteiger partial charge in [0.15, 0.2) is 0 Å². The molecule has 15 heavy (non-hydrogen) atoms. The average molecular weight is 217 g/mol. The Hall–Kier alpha value is -1.10. The molecule has 1 atom stereocenters. The highest BCUT2D eigenvalue weighted by Gasteiger charge is 2.09. The van der Waals surface area contributed by atoms with Crippen LogP contribution in [0.3, 0.4) is 0 Å². The van der Waals surface area contributed by atoms with Gasteiger partial charge in [-0.05, 0) is 12.3 Å². The van der Waals surface area contributed by atoms with E-state index in [1.165, 1.54) is 0 Å². The summed E-state index contributed by atoms with van der Waals surface area (Å²) >= 11 is 0. The van der Waals surface area contributed by atoms with Crippen molar-refractivity contribution in [1.29, 1.82) is 0 Å². The molecule has 5 heteroatoms. The topological polar surface area (TPSA) is 75.6 Å². The molecule has 0 aromatic rings. The zero-order valence-corrected chi connectivity index (χ0v) is 9.28. The zero-order valence-electron chi connectivity index (χ0n) is 9.28. The number of hydrogen-bond acceptors (Lipinski definition) is 3. The lowest BCUT2D eigenvalue weighted by molar-refractivity contribution is -0.138. The molecule has 0 aromatic carbocycles. The van der Waals surface area contributed by atoms with Crippen LogP contribution in [-0.4, -0.2) is 36.7 Å². The van der Waals surface area contributed by atoms with Crippen LogP contribution in [0.2, 0.25) is 0 Å². The Bertz CT molecular complexity index is 206. The molecule has 0 aliphatic rings. The van der Waals surface area contributed by atoms with Crippen molar-refractivity contribution in [2.45, 2.75) is 26.7 Å². The Labute approximate surface area is 89.8 Å². The standard InChI is InChI=1S/C10H19NO4/c1-3-4-15-7-9(12)11-6-8(2)5-10(13)14/h8H,3-7H2,1-2H3,(H,11,12)(H,13,14). The maximum Gasteiger partial charge on any atom is 0.303 e. The molecule has 2 N–H and O–H groups in total. The quantitative estimate of drug-likeness (QED) is 0.585. The molecule has 0 bridgehead atoms. The number of carbonyl (C=O) groups excluding carboxylic acids is 1. The molecule has 0 spiro atoms. The molecule has 5 nitrogen and oxygen atoms in total. The second kappa shape index (κ2) is 8.23. The fourth-order valence-corrected chi connectivity index (χ4v) is 1.02. The van der Waals surface area contributed by atoms with Gasteiger partial charge in [-0.25, -0.2) is 0 Å². The van der Waals surface area contributed by atoms with Crippen LogP contribution in [0.1, 0.15) is 26.7 Å². The van der Waals surface area contributed by atoms with Gasteiger partial charge >= 0.3 is 5.97 Å². The van der Waals surface area contributed by atoms with Gasteiger partial charge in [-0.3, -0.25) is 9.59 Å². The zero-order chi connectivity index (χ0) is 11.7. The van der Waals surface area contributed by atoms with Crippen LogP contribution in [0.15, 0.2) is 0 Å². The summed E-state index contributed by atoms with van der Waals surface area (Å²) in [6.45, 7) is 4.74. The summed E-state index contributed by atoms with van der Waals surface area (Å²) in [5.74, 6) is -1.10. The van der Waals surface area contributed by atoms with Gasteiger partial charge < -0.3 is 15.2 Å². The Morgan fingerprint density at radius 1 is 1.47 bits per heavy atom. The lowest BCUT2D eigenvalue weighted by Crippen LogP contribution is -2.32. The summed E-state index contributed by atoms with van der Waals surface area (Å²) in [4.78, 5) is 21.5. The molecular weight excluding hydrogens is 198 g/mol. The number of carbonyl (C=O) groups is 2. The number of amides is 1. The van der Waals surface area contributed by atoms with E-state index in [-0.39, 0.29) is 24.9 Å². The van der Waals surface area contributed by atoms with Gasteiger partial charge in [0, 0.05) is 19.6 Å². The van der Waals surface area contributed by atoms with Gasteiger partial charge in [-0.15, -0.1) is 0 Å². The number of hydrogen-bond donors (Lipinski definition) is 2. The minimum Gasteiger partial charge on any atom is -0.481 e. The summed E-state index contributed by atoms with van der Waals surface area (Å²) in [6.07, 6.45) is 0.943. The lowest BCUT2D eigenvalue weighted by Gasteiger charge is -2.10. The third-order valence-corrected chi connectivity index (χ3v) is 1.75. The Balaban J connectivity index is 3.48. The van der Waals surface area contributed by atoms with Crippen LogP contribution >= 0.6 is 0 Å². The van der Waals surface area contributed by atoms with E-state index in [0.29, 0.717) is 13.2 Å². The predicted octanol–water partition coefficient (Wildman–Crippen LogP) is 0.640. The lowest BCUT2D eigenvalue weighted by atomic mass is 10.1. The summed E-state index contributed by atoms with van der Waals surface area (Å²) in [5, 5.41) is 11.1. The molecule has 0 saturated heterocycles. The van der Waals surface area contributed by atoms with E-state index in [2.05, 4.69) is 5.32 Å². The normalized spacial score (nSPS) is 12.1. The van der Waals surface area contributed by atoms with Gasteiger partial charge in [0.05, 0.1) is 0 Å². The van der Waals surface area contributed by atoms with Gasteiger partial charge in [-0.2, -0.15) is 0 Å². The molecule has 0 fully saturated rings. The second-order valence-corrected chi connectivity index (χ2v) is 3.56. The largest absolute Gasteiger partial charge is 0.481 e. The molecule has 0 heterocycles. The van der Waals surface area contributed by atoms with Crippen molar-refractivity contribution in [2.75, 3.05) is 19.8 Å². The molecule has 0 radical (unpaired) electrons. The summed E-state index contributed by atoms with van der Waals surface area (Å²) in [5.41, 5.74) is 0. The summed E-state index contributed by atoms with van der Waals surface area (Å²) < 4.78 is 5.03. The highest BCUT2D eigenvalue weighted by molar-refractivity contribution is 5.77. The minimum atomic E-state index is -0.848. The number of aliphatic carboxylic acids is 1. The van der Waals surface area contributed by atoms with E-state index < -0.39 is 5.97 Å².